The first-order chi connectivity index (χ1) is 11.7. The van der Waals surface area contributed by atoms with Crippen LogP contribution in [0.25, 0.3) is 0 Å². The van der Waals surface area contributed by atoms with Crippen molar-refractivity contribution in [1.29, 1.82) is 0 Å². The molecule has 1 aromatic heterocycles. The first kappa shape index (κ1) is 16.7. The van der Waals surface area contributed by atoms with Gasteiger partial charge >= 0.3 is 0 Å². The average molecular weight is 357 g/mol. The molecule has 3 aromatic rings. The van der Waals surface area contributed by atoms with Gasteiger partial charge in [-0.15, -0.1) is 10.2 Å². The first-order valence-corrected chi connectivity index (χ1v) is 9.01. The summed E-state index contributed by atoms with van der Waals surface area (Å²) in [6.07, 6.45) is 4.46. The molecule has 0 saturated heterocycles. The lowest BCUT2D eigenvalue weighted by atomic mass is 10.1. The van der Waals surface area contributed by atoms with E-state index in [1.165, 1.54) is 11.1 Å². The molecule has 0 atom stereocenters. The lowest BCUT2D eigenvalue weighted by Gasteiger charge is -2.02. The van der Waals surface area contributed by atoms with Gasteiger partial charge in [0.05, 0.1) is 6.21 Å². The lowest BCUT2D eigenvalue weighted by Crippen LogP contribution is -1.93. The molecule has 0 aliphatic rings. The van der Waals surface area contributed by atoms with E-state index in [1.807, 2.05) is 30.5 Å². The van der Waals surface area contributed by atoms with E-state index in [1.54, 1.807) is 22.8 Å². The summed E-state index contributed by atoms with van der Waals surface area (Å²) >= 11 is 7.49. The van der Waals surface area contributed by atoms with Crippen LogP contribution in [-0.2, 0) is 12.2 Å². The molecular formula is C18H17ClN4S. The van der Waals surface area contributed by atoms with Gasteiger partial charge in [-0.25, -0.2) is 0 Å². The molecule has 0 bridgehead atoms. The van der Waals surface area contributed by atoms with Crippen LogP contribution in [0, 0.1) is 0 Å². The van der Waals surface area contributed by atoms with Gasteiger partial charge in [0, 0.05) is 10.8 Å². The van der Waals surface area contributed by atoms with Crippen LogP contribution in [0.3, 0.4) is 0 Å². The Morgan fingerprint density at radius 1 is 1.08 bits per heavy atom. The summed E-state index contributed by atoms with van der Waals surface area (Å²) in [5, 5.41) is 14.0. The Morgan fingerprint density at radius 2 is 1.79 bits per heavy atom. The number of aryl methyl sites for hydroxylation is 1. The molecule has 0 aliphatic heterocycles. The molecule has 1 heterocycles. The van der Waals surface area contributed by atoms with Crippen molar-refractivity contribution in [3.8, 4) is 0 Å². The van der Waals surface area contributed by atoms with Crippen molar-refractivity contribution in [2.45, 2.75) is 24.3 Å². The monoisotopic (exact) mass is 356 g/mol. The molecular weight excluding hydrogens is 340 g/mol. The Bertz CT molecular complexity index is 810. The molecule has 0 spiro atoms. The molecule has 0 saturated carbocycles. The Labute approximate surface area is 150 Å². The van der Waals surface area contributed by atoms with Gasteiger partial charge in [-0.2, -0.15) is 9.78 Å². The Hall–Kier alpha value is -2.11. The molecule has 0 aliphatic carbocycles. The summed E-state index contributed by atoms with van der Waals surface area (Å²) in [6.45, 7) is 2.14. The molecule has 4 nitrogen and oxygen atoms in total. The van der Waals surface area contributed by atoms with E-state index in [0.717, 1.165) is 27.9 Å². The number of aromatic nitrogens is 3. The second-order valence-electron chi connectivity index (χ2n) is 5.21. The predicted octanol–water partition coefficient (Wildman–Crippen LogP) is 4.67. The number of hydrogen-bond acceptors (Lipinski definition) is 4. The van der Waals surface area contributed by atoms with Gasteiger partial charge in [0.2, 0.25) is 5.16 Å². The molecule has 0 radical (unpaired) electrons. The minimum absolute atomic E-state index is 0.741. The van der Waals surface area contributed by atoms with Crippen molar-refractivity contribution in [1.82, 2.24) is 14.9 Å². The van der Waals surface area contributed by atoms with Crippen molar-refractivity contribution in [3.05, 3.63) is 76.6 Å². The third kappa shape index (κ3) is 4.46. The van der Waals surface area contributed by atoms with Crippen molar-refractivity contribution < 1.29 is 0 Å². The van der Waals surface area contributed by atoms with E-state index in [9.17, 15) is 0 Å². The number of halogens is 1. The van der Waals surface area contributed by atoms with Crippen LogP contribution in [0.5, 0.6) is 0 Å². The van der Waals surface area contributed by atoms with Gasteiger partial charge in [0.15, 0.2) is 0 Å². The maximum Gasteiger partial charge on any atom is 0.212 e. The van der Waals surface area contributed by atoms with Gasteiger partial charge < -0.3 is 0 Å². The summed E-state index contributed by atoms with van der Waals surface area (Å²) in [5.41, 5.74) is 3.54. The highest BCUT2D eigenvalue weighted by Crippen LogP contribution is 2.21. The zero-order valence-electron chi connectivity index (χ0n) is 13.3. The fraction of sp³-hybridized carbons (Fsp3) is 0.167. The highest BCUT2D eigenvalue weighted by molar-refractivity contribution is 7.98. The smallest absolute Gasteiger partial charge is 0.195 e. The number of rotatable bonds is 6. The molecule has 0 unspecified atom stereocenters. The normalized spacial score (nSPS) is 11.2. The molecule has 24 heavy (non-hydrogen) atoms. The zero-order chi connectivity index (χ0) is 16.8. The maximum atomic E-state index is 5.90. The number of nitrogens with zero attached hydrogens (tertiary/aromatic N) is 4. The lowest BCUT2D eigenvalue weighted by molar-refractivity contribution is 0.767. The van der Waals surface area contributed by atoms with Crippen LogP contribution < -0.4 is 0 Å². The average Bonchev–Trinajstić information content (AvgIpc) is 3.07. The Balaban J connectivity index is 1.65. The van der Waals surface area contributed by atoms with E-state index in [0.29, 0.717) is 0 Å². The molecule has 0 N–H and O–H groups in total. The SMILES string of the molecule is CCc1ccc(/C=N/n2cnnc2SCc2ccc(Cl)cc2)cc1. The van der Waals surface area contributed by atoms with Gasteiger partial charge in [0.25, 0.3) is 0 Å². The molecule has 0 amide bonds. The minimum atomic E-state index is 0.741. The van der Waals surface area contributed by atoms with Gasteiger partial charge in [-0.3, -0.25) is 0 Å². The van der Waals surface area contributed by atoms with E-state index in [4.69, 9.17) is 11.6 Å². The van der Waals surface area contributed by atoms with Gasteiger partial charge in [-0.1, -0.05) is 66.7 Å². The summed E-state index contributed by atoms with van der Waals surface area (Å²) in [4.78, 5) is 0. The third-order valence-corrected chi connectivity index (χ3v) is 4.76. The summed E-state index contributed by atoms with van der Waals surface area (Å²) in [7, 11) is 0. The van der Waals surface area contributed by atoms with Crippen LogP contribution in [0.2, 0.25) is 5.02 Å². The molecule has 6 heteroatoms. The van der Waals surface area contributed by atoms with Crippen molar-refractivity contribution in [2.75, 3.05) is 0 Å². The second-order valence-corrected chi connectivity index (χ2v) is 6.59. The highest BCUT2D eigenvalue weighted by Gasteiger charge is 2.04. The first-order valence-electron chi connectivity index (χ1n) is 7.65. The quantitative estimate of drug-likeness (QED) is 0.476. The van der Waals surface area contributed by atoms with Crippen molar-refractivity contribution >= 4 is 29.6 Å². The standard InChI is InChI=1S/C18H17ClN4S/c1-2-14-3-5-15(6-4-14)11-21-23-13-20-22-18(23)24-12-16-7-9-17(19)10-8-16/h3-11,13H,2,12H2,1H3/b21-11+. The Morgan fingerprint density at radius 3 is 2.50 bits per heavy atom. The Kier molecular flexibility index (Phi) is 5.67. The maximum absolute atomic E-state index is 5.90. The van der Waals surface area contributed by atoms with Crippen LogP contribution in [0.15, 0.2) is 65.1 Å². The van der Waals surface area contributed by atoms with E-state index in [-0.39, 0.29) is 0 Å². The largest absolute Gasteiger partial charge is 0.212 e. The van der Waals surface area contributed by atoms with Crippen LogP contribution in [0.4, 0.5) is 0 Å². The fourth-order valence-corrected chi connectivity index (χ4v) is 3.04. The fourth-order valence-electron chi connectivity index (χ4n) is 2.09. The van der Waals surface area contributed by atoms with Gasteiger partial charge in [-0.05, 0) is 35.2 Å². The molecule has 2 aromatic carbocycles. The van der Waals surface area contributed by atoms with Crippen LogP contribution in [0.1, 0.15) is 23.6 Å². The van der Waals surface area contributed by atoms with E-state index in [2.05, 4.69) is 46.5 Å². The van der Waals surface area contributed by atoms with E-state index < -0.39 is 0 Å². The highest BCUT2D eigenvalue weighted by atomic mass is 35.5. The number of thioether (sulfide) groups is 1. The van der Waals surface area contributed by atoms with Crippen molar-refractivity contribution in [3.63, 3.8) is 0 Å². The predicted molar refractivity (Wildman–Crippen MR) is 99.8 cm³/mol. The summed E-state index contributed by atoms with van der Waals surface area (Å²) in [5.74, 6) is 0.788. The molecule has 0 fully saturated rings. The summed E-state index contributed by atoms with van der Waals surface area (Å²) < 4.78 is 1.69. The summed E-state index contributed by atoms with van der Waals surface area (Å²) in [6, 6.07) is 16.2. The van der Waals surface area contributed by atoms with Gasteiger partial charge in [0.1, 0.15) is 6.33 Å². The van der Waals surface area contributed by atoms with E-state index >= 15 is 0 Å². The minimum Gasteiger partial charge on any atom is -0.195 e. The topological polar surface area (TPSA) is 43.1 Å². The number of hydrogen-bond donors (Lipinski definition) is 0. The van der Waals surface area contributed by atoms with Crippen LogP contribution >= 0.6 is 23.4 Å². The molecule has 122 valence electrons. The van der Waals surface area contributed by atoms with Crippen LogP contribution in [-0.4, -0.2) is 21.1 Å². The zero-order valence-corrected chi connectivity index (χ0v) is 14.8. The van der Waals surface area contributed by atoms with Crippen molar-refractivity contribution in [2.24, 2.45) is 5.10 Å². The number of benzene rings is 2. The molecule has 3 rings (SSSR count). The second kappa shape index (κ2) is 8.13. The third-order valence-electron chi connectivity index (χ3n) is 3.50.